The van der Waals surface area contributed by atoms with Crippen LogP contribution in [0.4, 0.5) is 0 Å². The van der Waals surface area contributed by atoms with Crippen molar-refractivity contribution in [2.24, 2.45) is 5.92 Å². The molecule has 1 saturated carbocycles. The van der Waals surface area contributed by atoms with E-state index >= 15 is 0 Å². The van der Waals surface area contributed by atoms with E-state index in [1.807, 2.05) is 0 Å². The molecule has 1 aliphatic carbocycles. The van der Waals surface area contributed by atoms with E-state index in [-0.39, 0.29) is 0 Å². The van der Waals surface area contributed by atoms with Crippen LogP contribution in [0, 0.1) is 12.8 Å². The van der Waals surface area contributed by atoms with Crippen molar-refractivity contribution in [2.75, 3.05) is 13.1 Å². The minimum absolute atomic E-state index is 0.562. The van der Waals surface area contributed by atoms with E-state index in [9.17, 15) is 0 Å². The molecule has 2 fully saturated rings. The van der Waals surface area contributed by atoms with Gasteiger partial charge < -0.3 is 9.88 Å². The Morgan fingerprint density at radius 2 is 2.07 bits per heavy atom. The zero-order valence-corrected chi connectivity index (χ0v) is 9.40. The highest BCUT2D eigenvalue weighted by Crippen LogP contribution is 2.39. The summed E-state index contributed by atoms with van der Waals surface area (Å²) in [7, 11) is 0. The van der Waals surface area contributed by atoms with Crippen LogP contribution in [0.15, 0.2) is 0 Å². The number of nitrogens with one attached hydrogen (secondary N) is 1. The Hall–Kier alpha value is -0.900. The molecule has 15 heavy (non-hydrogen) atoms. The summed E-state index contributed by atoms with van der Waals surface area (Å²) in [6.45, 7) is 6.54. The van der Waals surface area contributed by atoms with E-state index in [4.69, 9.17) is 0 Å². The van der Waals surface area contributed by atoms with Crippen molar-refractivity contribution in [3.63, 3.8) is 0 Å². The third-order valence-corrected chi connectivity index (χ3v) is 3.65. The molecule has 0 radical (unpaired) electrons. The standard InChI is InChI=1S/C11H18N4/c1-7-5-12-6-10(7)11-14-13-8(2)15(11)9-3-4-9/h7,9-10,12H,3-6H2,1-2H3. The van der Waals surface area contributed by atoms with Crippen molar-refractivity contribution in [1.29, 1.82) is 0 Å². The molecule has 82 valence electrons. The van der Waals surface area contributed by atoms with Crippen LogP contribution in [-0.4, -0.2) is 27.9 Å². The predicted octanol–water partition coefficient (Wildman–Crippen LogP) is 1.24. The molecule has 4 heteroatoms. The van der Waals surface area contributed by atoms with Crippen molar-refractivity contribution in [3.05, 3.63) is 11.6 Å². The Morgan fingerprint density at radius 3 is 2.67 bits per heavy atom. The highest BCUT2D eigenvalue weighted by molar-refractivity contribution is 5.10. The quantitative estimate of drug-likeness (QED) is 0.791. The lowest BCUT2D eigenvalue weighted by molar-refractivity contribution is 0.511. The van der Waals surface area contributed by atoms with Gasteiger partial charge in [-0.25, -0.2) is 0 Å². The fourth-order valence-corrected chi connectivity index (χ4v) is 2.58. The van der Waals surface area contributed by atoms with Gasteiger partial charge in [-0.3, -0.25) is 0 Å². The number of rotatable bonds is 2. The van der Waals surface area contributed by atoms with E-state index in [2.05, 4.69) is 33.9 Å². The van der Waals surface area contributed by atoms with E-state index < -0.39 is 0 Å². The Labute approximate surface area is 90.1 Å². The van der Waals surface area contributed by atoms with Crippen LogP contribution in [0.5, 0.6) is 0 Å². The summed E-state index contributed by atoms with van der Waals surface area (Å²) in [5.74, 6) is 3.55. The third-order valence-electron chi connectivity index (χ3n) is 3.65. The first kappa shape index (κ1) is 9.33. The maximum Gasteiger partial charge on any atom is 0.137 e. The molecule has 1 aliphatic heterocycles. The lowest BCUT2D eigenvalue weighted by Crippen LogP contribution is -2.15. The average Bonchev–Trinajstić information content (AvgIpc) is 2.85. The van der Waals surface area contributed by atoms with Gasteiger partial charge in [-0.2, -0.15) is 0 Å². The fourth-order valence-electron chi connectivity index (χ4n) is 2.58. The monoisotopic (exact) mass is 206 g/mol. The first-order valence-corrected chi connectivity index (χ1v) is 5.89. The van der Waals surface area contributed by atoms with Gasteiger partial charge in [-0.15, -0.1) is 10.2 Å². The number of hydrogen-bond donors (Lipinski definition) is 1. The van der Waals surface area contributed by atoms with Crippen LogP contribution in [0.1, 0.15) is 43.4 Å². The molecule has 0 aromatic carbocycles. The molecule has 0 spiro atoms. The van der Waals surface area contributed by atoms with Gasteiger partial charge >= 0.3 is 0 Å². The second-order valence-corrected chi connectivity index (χ2v) is 4.95. The van der Waals surface area contributed by atoms with Crippen LogP contribution in [0.2, 0.25) is 0 Å². The molecule has 2 heterocycles. The zero-order chi connectivity index (χ0) is 10.4. The smallest absolute Gasteiger partial charge is 0.137 e. The van der Waals surface area contributed by atoms with Crippen LogP contribution < -0.4 is 5.32 Å². The molecular weight excluding hydrogens is 188 g/mol. The summed E-state index contributed by atoms with van der Waals surface area (Å²) in [5.41, 5.74) is 0. The predicted molar refractivity (Wildman–Crippen MR) is 57.8 cm³/mol. The normalized spacial score (nSPS) is 31.1. The van der Waals surface area contributed by atoms with Crippen molar-refractivity contribution in [2.45, 2.75) is 38.6 Å². The van der Waals surface area contributed by atoms with Crippen LogP contribution in [-0.2, 0) is 0 Å². The van der Waals surface area contributed by atoms with Crippen molar-refractivity contribution in [3.8, 4) is 0 Å². The first-order valence-electron chi connectivity index (χ1n) is 5.89. The van der Waals surface area contributed by atoms with E-state index in [1.54, 1.807) is 0 Å². The highest BCUT2D eigenvalue weighted by atomic mass is 15.3. The molecule has 2 unspecified atom stereocenters. The van der Waals surface area contributed by atoms with Gasteiger partial charge in [-0.05, 0) is 32.2 Å². The first-order chi connectivity index (χ1) is 7.27. The van der Waals surface area contributed by atoms with Gasteiger partial charge in [0.15, 0.2) is 0 Å². The molecule has 2 atom stereocenters. The van der Waals surface area contributed by atoms with Crippen LogP contribution >= 0.6 is 0 Å². The highest BCUT2D eigenvalue weighted by Gasteiger charge is 2.34. The molecule has 1 aromatic rings. The summed E-state index contributed by atoms with van der Waals surface area (Å²) in [4.78, 5) is 0. The maximum atomic E-state index is 4.38. The van der Waals surface area contributed by atoms with E-state index in [0.29, 0.717) is 17.9 Å². The van der Waals surface area contributed by atoms with Crippen molar-refractivity contribution >= 4 is 0 Å². The third kappa shape index (κ3) is 1.47. The minimum Gasteiger partial charge on any atom is -0.316 e. The Balaban J connectivity index is 1.96. The van der Waals surface area contributed by atoms with Gasteiger partial charge in [-0.1, -0.05) is 6.92 Å². The summed E-state index contributed by atoms with van der Waals surface area (Å²) >= 11 is 0. The average molecular weight is 206 g/mol. The topological polar surface area (TPSA) is 42.7 Å². The minimum atomic E-state index is 0.562. The van der Waals surface area contributed by atoms with Gasteiger partial charge in [0, 0.05) is 18.5 Å². The molecule has 4 nitrogen and oxygen atoms in total. The van der Waals surface area contributed by atoms with Gasteiger partial charge in [0.1, 0.15) is 11.6 Å². The summed E-state index contributed by atoms with van der Waals surface area (Å²) in [6.07, 6.45) is 2.61. The molecular formula is C11H18N4. The largest absolute Gasteiger partial charge is 0.316 e. The Bertz CT molecular complexity index is 367. The van der Waals surface area contributed by atoms with Crippen LogP contribution in [0.3, 0.4) is 0 Å². The Morgan fingerprint density at radius 1 is 1.27 bits per heavy atom. The fraction of sp³-hybridized carbons (Fsp3) is 0.818. The van der Waals surface area contributed by atoms with Crippen molar-refractivity contribution < 1.29 is 0 Å². The van der Waals surface area contributed by atoms with Gasteiger partial charge in [0.05, 0.1) is 0 Å². The lowest BCUT2D eigenvalue weighted by Gasteiger charge is -2.15. The molecule has 1 N–H and O–H groups in total. The number of nitrogens with zero attached hydrogens (tertiary/aromatic N) is 3. The SMILES string of the molecule is Cc1nnc(C2CNCC2C)n1C1CC1. The van der Waals surface area contributed by atoms with Gasteiger partial charge in [0.25, 0.3) is 0 Å². The molecule has 3 rings (SSSR count). The van der Waals surface area contributed by atoms with Gasteiger partial charge in [0.2, 0.25) is 0 Å². The second kappa shape index (κ2) is 3.30. The maximum absolute atomic E-state index is 4.38. The molecule has 1 aromatic heterocycles. The summed E-state index contributed by atoms with van der Waals surface area (Å²) in [5, 5.41) is 12.1. The van der Waals surface area contributed by atoms with E-state index in [1.165, 1.54) is 18.7 Å². The number of aryl methyl sites for hydroxylation is 1. The second-order valence-electron chi connectivity index (χ2n) is 4.95. The lowest BCUT2D eigenvalue weighted by atomic mass is 9.97. The molecule has 2 aliphatic rings. The van der Waals surface area contributed by atoms with E-state index in [0.717, 1.165) is 18.9 Å². The molecule has 1 saturated heterocycles. The van der Waals surface area contributed by atoms with Crippen LogP contribution in [0.25, 0.3) is 0 Å². The molecule has 0 bridgehead atoms. The number of aromatic nitrogens is 3. The Kier molecular flexibility index (Phi) is 2.06. The number of hydrogen-bond acceptors (Lipinski definition) is 3. The zero-order valence-electron chi connectivity index (χ0n) is 9.40. The van der Waals surface area contributed by atoms with Crippen molar-refractivity contribution in [1.82, 2.24) is 20.1 Å². The molecule has 0 amide bonds. The summed E-state index contributed by atoms with van der Waals surface area (Å²) < 4.78 is 2.37. The summed E-state index contributed by atoms with van der Waals surface area (Å²) in [6, 6.07) is 0.697.